The minimum Gasteiger partial charge on any atom is -0.456 e. The van der Waals surface area contributed by atoms with E-state index in [2.05, 4.69) is 12.7 Å². The van der Waals surface area contributed by atoms with Crippen molar-refractivity contribution in [1.29, 1.82) is 0 Å². The van der Waals surface area contributed by atoms with Crippen LogP contribution < -0.4 is 10.2 Å². The fourth-order valence-electron chi connectivity index (χ4n) is 3.64. The van der Waals surface area contributed by atoms with Crippen LogP contribution in [-0.2, 0) is 6.42 Å². The summed E-state index contributed by atoms with van der Waals surface area (Å²) in [5.74, 6) is 0.215. The number of allylic oxidation sites excluding steroid dienone is 2. The van der Waals surface area contributed by atoms with Crippen molar-refractivity contribution in [1.82, 2.24) is 0 Å². The molecule has 0 radical (unpaired) electrons. The molecule has 2 N–H and O–H groups in total. The van der Waals surface area contributed by atoms with Crippen LogP contribution in [0.1, 0.15) is 52.0 Å². The van der Waals surface area contributed by atoms with Crippen LogP contribution in [0.4, 0.5) is 0 Å². The van der Waals surface area contributed by atoms with Gasteiger partial charge in [-0.15, -0.1) is 0 Å². The molecule has 1 aliphatic heterocycles. The largest absolute Gasteiger partial charge is 0.456 e. The van der Waals surface area contributed by atoms with E-state index in [0.717, 1.165) is 18.4 Å². The van der Waals surface area contributed by atoms with Gasteiger partial charge < -0.3 is 19.4 Å². The second-order valence-electron chi connectivity index (χ2n) is 8.32. The van der Waals surface area contributed by atoms with E-state index in [4.69, 9.17) is 9.15 Å². The summed E-state index contributed by atoms with van der Waals surface area (Å²) < 4.78 is 11.9. The van der Waals surface area contributed by atoms with Crippen LogP contribution in [0.3, 0.4) is 0 Å². The number of para-hydroxylation sites is 1. The fourth-order valence-corrected chi connectivity index (χ4v) is 3.64. The highest BCUT2D eigenvalue weighted by atomic mass is 16.6. The summed E-state index contributed by atoms with van der Waals surface area (Å²) in [4.78, 5) is 12.7. The predicted octanol–water partition coefficient (Wildman–Crippen LogP) is 4.29. The maximum atomic E-state index is 12.7. The topological polar surface area (TPSA) is 79.9 Å². The second kappa shape index (κ2) is 8.56. The van der Waals surface area contributed by atoms with Gasteiger partial charge >= 0.3 is 0 Å². The molecule has 1 aromatic heterocycles. The zero-order chi connectivity index (χ0) is 21.2. The minimum absolute atomic E-state index is 0.144. The average molecular weight is 398 g/mol. The van der Waals surface area contributed by atoms with Crippen LogP contribution in [0.25, 0.3) is 11.0 Å². The Labute approximate surface area is 171 Å². The third-order valence-electron chi connectivity index (χ3n) is 5.80. The zero-order valence-electron chi connectivity index (χ0n) is 17.4. The van der Waals surface area contributed by atoms with Gasteiger partial charge in [0.1, 0.15) is 11.2 Å². The molecule has 1 aromatic carbocycles. The van der Waals surface area contributed by atoms with Crippen molar-refractivity contribution in [2.24, 2.45) is 0 Å². The molecule has 0 saturated carbocycles. The van der Waals surface area contributed by atoms with Gasteiger partial charge in [0.05, 0.1) is 23.2 Å². The van der Waals surface area contributed by atoms with Crippen LogP contribution in [-0.4, -0.2) is 28.0 Å². The quantitative estimate of drug-likeness (QED) is 0.680. The maximum absolute atomic E-state index is 12.7. The highest BCUT2D eigenvalue weighted by Crippen LogP contribution is 2.36. The Balaban J connectivity index is 1.71. The summed E-state index contributed by atoms with van der Waals surface area (Å²) in [6, 6.07) is 7.07. The molecule has 29 heavy (non-hydrogen) atoms. The second-order valence-corrected chi connectivity index (χ2v) is 8.32. The Bertz CT molecular complexity index is 986. The first-order valence-corrected chi connectivity index (χ1v) is 10.1. The van der Waals surface area contributed by atoms with E-state index < -0.39 is 17.8 Å². The lowest BCUT2D eigenvalue weighted by molar-refractivity contribution is -0.0726. The average Bonchev–Trinajstić information content (AvgIpc) is 2.68. The van der Waals surface area contributed by atoms with Crippen molar-refractivity contribution in [3.8, 4) is 5.95 Å². The molecule has 0 saturated heterocycles. The van der Waals surface area contributed by atoms with Gasteiger partial charge in [-0.1, -0.05) is 35.9 Å². The number of rotatable bonds is 7. The van der Waals surface area contributed by atoms with Crippen molar-refractivity contribution >= 4 is 11.0 Å². The van der Waals surface area contributed by atoms with E-state index in [0.29, 0.717) is 29.4 Å². The normalized spacial score (nSPS) is 22.8. The van der Waals surface area contributed by atoms with Gasteiger partial charge in [-0.25, -0.2) is 0 Å². The fraction of sp³-hybridized carbons (Fsp3) is 0.458. The number of fused-ring (bicyclic) bond motifs is 2. The summed E-state index contributed by atoms with van der Waals surface area (Å²) in [6.45, 7) is 9.48. The Morgan fingerprint density at radius 2 is 2.10 bits per heavy atom. The van der Waals surface area contributed by atoms with Gasteiger partial charge in [0, 0.05) is 6.42 Å². The molecule has 5 heteroatoms. The van der Waals surface area contributed by atoms with Crippen LogP contribution in [0.15, 0.2) is 57.3 Å². The van der Waals surface area contributed by atoms with Gasteiger partial charge in [-0.05, 0) is 58.6 Å². The zero-order valence-corrected chi connectivity index (χ0v) is 17.4. The maximum Gasteiger partial charge on any atom is 0.292 e. The molecule has 0 aliphatic carbocycles. The van der Waals surface area contributed by atoms with E-state index in [9.17, 15) is 15.0 Å². The van der Waals surface area contributed by atoms with Crippen molar-refractivity contribution in [2.45, 2.75) is 70.7 Å². The molecular formula is C24H30O5. The van der Waals surface area contributed by atoms with Gasteiger partial charge in [-0.2, -0.15) is 0 Å². The number of aliphatic hydroxyl groups excluding tert-OH is 2. The summed E-state index contributed by atoms with van der Waals surface area (Å²) in [5, 5.41) is 21.1. The van der Waals surface area contributed by atoms with Crippen LogP contribution >= 0.6 is 0 Å². The molecule has 3 unspecified atom stereocenters. The van der Waals surface area contributed by atoms with Crippen molar-refractivity contribution < 1.29 is 19.4 Å². The monoisotopic (exact) mass is 398 g/mol. The molecule has 0 fully saturated rings. The molecule has 3 atom stereocenters. The Morgan fingerprint density at radius 1 is 1.38 bits per heavy atom. The molecule has 5 nitrogen and oxygen atoms in total. The van der Waals surface area contributed by atoms with E-state index in [1.807, 2.05) is 26.8 Å². The molecule has 1 aliphatic rings. The van der Waals surface area contributed by atoms with E-state index in [-0.39, 0.29) is 17.8 Å². The van der Waals surface area contributed by atoms with Gasteiger partial charge in [0.15, 0.2) is 5.43 Å². The third kappa shape index (κ3) is 4.62. The highest BCUT2D eigenvalue weighted by molar-refractivity contribution is 5.77. The summed E-state index contributed by atoms with van der Waals surface area (Å²) >= 11 is 0. The van der Waals surface area contributed by atoms with Crippen LogP contribution in [0, 0.1) is 0 Å². The van der Waals surface area contributed by atoms with Crippen molar-refractivity contribution in [2.75, 3.05) is 0 Å². The number of hydrogen-bond donors (Lipinski definition) is 2. The van der Waals surface area contributed by atoms with E-state index in [1.165, 1.54) is 5.57 Å². The number of ether oxygens (including phenoxy) is 1. The SMILES string of the molecule is C=C(C)C(O)CCC(C)=CCCC1(C)Oc2oc3ccccc3c(=O)c2CC1O. The number of aliphatic hydroxyl groups is 2. The summed E-state index contributed by atoms with van der Waals surface area (Å²) in [6.07, 6.45) is 3.80. The first kappa shape index (κ1) is 21.3. The minimum atomic E-state index is -0.834. The molecule has 0 bridgehead atoms. The van der Waals surface area contributed by atoms with Crippen molar-refractivity contribution in [3.05, 3.63) is 63.9 Å². The standard InChI is InChI=1S/C24H30O5/c1-15(2)19(25)12-11-16(3)8-7-13-24(4)21(26)14-18-22(27)17-9-5-6-10-20(17)28-23(18)29-24/h5-6,8-10,19,21,25-26H,1,7,11-14H2,2-4H3. The summed E-state index contributed by atoms with van der Waals surface area (Å²) in [5.41, 5.74) is 1.86. The number of benzene rings is 1. The molecular weight excluding hydrogens is 368 g/mol. The van der Waals surface area contributed by atoms with Gasteiger partial charge in [0.2, 0.25) is 0 Å². The van der Waals surface area contributed by atoms with Gasteiger partial charge in [0.25, 0.3) is 5.95 Å². The first-order chi connectivity index (χ1) is 13.7. The highest BCUT2D eigenvalue weighted by Gasteiger charge is 2.42. The molecule has 3 rings (SSSR count). The van der Waals surface area contributed by atoms with Crippen LogP contribution in [0.5, 0.6) is 5.95 Å². The molecule has 156 valence electrons. The molecule has 0 amide bonds. The Hall–Kier alpha value is -2.37. The lowest BCUT2D eigenvalue weighted by Crippen LogP contribution is -2.50. The lowest BCUT2D eigenvalue weighted by atomic mass is 9.86. The molecule has 2 heterocycles. The van der Waals surface area contributed by atoms with Crippen molar-refractivity contribution in [3.63, 3.8) is 0 Å². The third-order valence-corrected chi connectivity index (χ3v) is 5.80. The Morgan fingerprint density at radius 3 is 2.83 bits per heavy atom. The van der Waals surface area contributed by atoms with E-state index in [1.54, 1.807) is 18.2 Å². The lowest BCUT2D eigenvalue weighted by Gasteiger charge is -2.38. The summed E-state index contributed by atoms with van der Waals surface area (Å²) in [7, 11) is 0. The van der Waals surface area contributed by atoms with Gasteiger partial charge in [-0.3, -0.25) is 4.79 Å². The first-order valence-electron chi connectivity index (χ1n) is 10.1. The smallest absolute Gasteiger partial charge is 0.292 e. The molecule has 2 aromatic rings. The van der Waals surface area contributed by atoms with E-state index >= 15 is 0 Å². The Kier molecular flexibility index (Phi) is 6.30. The number of hydrogen-bond acceptors (Lipinski definition) is 5. The predicted molar refractivity (Wildman–Crippen MR) is 114 cm³/mol. The molecule has 0 spiro atoms. The van der Waals surface area contributed by atoms with Crippen LogP contribution in [0.2, 0.25) is 0 Å².